The predicted molar refractivity (Wildman–Crippen MR) is 142 cm³/mol. The van der Waals surface area contributed by atoms with Crippen molar-refractivity contribution in [1.82, 2.24) is 20.2 Å². The number of nitrogens with one attached hydrogen (secondary N) is 1. The Morgan fingerprint density at radius 3 is 2.50 bits per heavy atom. The van der Waals surface area contributed by atoms with Gasteiger partial charge in [-0.15, -0.1) is 0 Å². The lowest BCUT2D eigenvalue weighted by Gasteiger charge is -2.18. The van der Waals surface area contributed by atoms with E-state index in [0.717, 1.165) is 30.3 Å². The molecule has 0 atom stereocenters. The van der Waals surface area contributed by atoms with Crippen LogP contribution in [0.3, 0.4) is 0 Å². The van der Waals surface area contributed by atoms with E-state index in [-0.39, 0.29) is 11.3 Å². The maximum Gasteiger partial charge on any atom is 0.325 e. The number of primary amides is 1. The summed E-state index contributed by atoms with van der Waals surface area (Å²) in [5.74, 6) is 1.15. The molecule has 0 unspecified atom stereocenters. The lowest BCUT2D eigenvalue weighted by Crippen LogP contribution is -2.33. The molecule has 0 bridgehead atoms. The summed E-state index contributed by atoms with van der Waals surface area (Å²) in [5, 5.41) is 3.38. The second kappa shape index (κ2) is 11.0. The highest BCUT2D eigenvalue weighted by molar-refractivity contribution is 7.16. The molecule has 3 amide bonds. The Morgan fingerprint density at radius 2 is 1.86 bits per heavy atom. The Kier molecular flexibility index (Phi) is 7.85. The van der Waals surface area contributed by atoms with Gasteiger partial charge < -0.3 is 20.4 Å². The summed E-state index contributed by atoms with van der Waals surface area (Å²) >= 11 is 1.30. The zero-order valence-corrected chi connectivity index (χ0v) is 21.7. The van der Waals surface area contributed by atoms with Crippen LogP contribution in [-0.2, 0) is 5.41 Å². The molecule has 3 N–H and O–H groups in total. The third-order valence-electron chi connectivity index (χ3n) is 5.88. The van der Waals surface area contributed by atoms with Gasteiger partial charge in [0.1, 0.15) is 5.76 Å². The zero-order valence-electron chi connectivity index (χ0n) is 20.9. The number of rotatable bonds is 8. The Balaban J connectivity index is 1.40. The largest absolute Gasteiger partial charge is 0.441 e. The number of aromatic nitrogens is 2. The Bertz CT molecular complexity index is 1220. The summed E-state index contributed by atoms with van der Waals surface area (Å²) < 4.78 is 5.78. The van der Waals surface area contributed by atoms with Gasteiger partial charge in [0.2, 0.25) is 5.89 Å². The van der Waals surface area contributed by atoms with Gasteiger partial charge in [0.15, 0.2) is 5.13 Å². The van der Waals surface area contributed by atoms with Crippen LogP contribution in [0.15, 0.2) is 41.1 Å². The van der Waals surface area contributed by atoms with Crippen LogP contribution in [-0.4, -0.2) is 53.0 Å². The molecule has 0 spiro atoms. The molecule has 10 heteroatoms. The van der Waals surface area contributed by atoms with Gasteiger partial charge in [0.25, 0.3) is 5.91 Å². The predicted octanol–water partition coefficient (Wildman–Crippen LogP) is 4.64. The van der Waals surface area contributed by atoms with Crippen molar-refractivity contribution in [3.63, 3.8) is 0 Å². The fraction of sp³-hybridized carbons (Fsp3) is 0.385. The number of benzene rings is 1. The molecule has 0 aliphatic carbocycles. The van der Waals surface area contributed by atoms with Crippen LogP contribution in [0.4, 0.5) is 15.6 Å². The van der Waals surface area contributed by atoms with E-state index in [9.17, 15) is 9.59 Å². The average molecular weight is 509 g/mol. The maximum absolute atomic E-state index is 12.5. The molecule has 4 rings (SSSR count). The van der Waals surface area contributed by atoms with E-state index in [2.05, 4.69) is 41.0 Å². The third kappa shape index (κ3) is 6.38. The first-order valence-electron chi connectivity index (χ1n) is 12.0. The number of anilines is 2. The van der Waals surface area contributed by atoms with E-state index >= 15 is 0 Å². The highest BCUT2D eigenvalue weighted by Crippen LogP contribution is 2.31. The summed E-state index contributed by atoms with van der Waals surface area (Å²) in [6.45, 7) is 9.83. The van der Waals surface area contributed by atoms with Crippen molar-refractivity contribution in [2.24, 2.45) is 5.73 Å². The Morgan fingerprint density at radius 1 is 1.14 bits per heavy atom. The van der Waals surface area contributed by atoms with Gasteiger partial charge in [0, 0.05) is 41.2 Å². The molecule has 3 heterocycles. The normalized spacial score (nSPS) is 14.4. The molecule has 3 aromatic rings. The SMILES string of the molecule is CC(C)(C)c1cnc(/C=C/c2cnc(N(C(N)=O)c3ccc(C(=O)NCCN4CCCC4)cc3)s2)o1. The van der Waals surface area contributed by atoms with E-state index in [1.807, 2.05) is 6.08 Å². The molecule has 2 aromatic heterocycles. The second-order valence-corrected chi connectivity index (χ2v) is 10.8. The van der Waals surface area contributed by atoms with Crippen molar-refractivity contribution in [1.29, 1.82) is 0 Å². The van der Waals surface area contributed by atoms with Crippen molar-refractivity contribution in [3.8, 4) is 0 Å². The Hall–Kier alpha value is -3.50. The monoisotopic (exact) mass is 508 g/mol. The van der Waals surface area contributed by atoms with Crippen LogP contribution in [0, 0.1) is 0 Å². The van der Waals surface area contributed by atoms with Gasteiger partial charge in [-0.25, -0.2) is 19.7 Å². The topological polar surface area (TPSA) is 118 Å². The number of hydrogen-bond donors (Lipinski definition) is 2. The molecule has 0 saturated carbocycles. The number of thiazole rings is 1. The number of oxazole rings is 1. The zero-order chi connectivity index (χ0) is 25.7. The quantitative estimate of drug-likeness (QED) is 0.458. The van der Waals surface area contributed by atoms with Crippen LogP contribution >= 0.6 is 11.3 Å². The number of urea groups is 1. The van der Waals surface area contributed by atoms with Crippen molar-refractivity contribution < 1.29 is 14.0 Å². The molecule has 1 fully saturated rings. The first-order valence-corrected chi connectivity index (χ1v) is 12.8. The molecule has 0 radical (unpaired) electrons. The molecule has 1 aliphatic heterocycles. The second-order valence-electron chi connectivity index (χ2n) is 9.72. The van der Waals surface area contributed by atoms with E-state index < -0.39 is 6.03 Å². The fourth-order valence-corrected chi connectivity index (χ4v) is 4.70. The standard InChI is InChI=1S/C26H32N6O3S/c1-26(2,3)21-17-29-22(35-21)11-10-20-16-30-25(36-20)32(24(27)34)19-8-6-18(7-9-19)23(33)28-12-15-31-13-4-5-14-31/h6-11,16-17H,4-5,12-15H2,1-3H3,(H2,27,34)(H,28,33)/b11-10+. The van der Waals surface area contributed by atoms with E-state index in [0.29, 0.717) is 28.8 Å². The van der Waals surface area contributed by atoms with Gasteiger partial charge in [0.05, 0.1) is 11.9 Å². The summed E-state index contributed by atoms with van der Waals surface area (Å²) in [4.78, 5) is 37.9. The minimum Gasteiger partial charge on any atom is -0.441 e. The van der Waals surface area contributed by atoms with Crippen LogP contribution in [0.1, 0.15) is 60.5 Å². The number of nitrogens with zero attached hydrogens (tertiary/aromatic N) is 4. The minimum absolute atomic E-state index is 0.122. The van der Waals surface area contributed by atoms with E-state index in [4.69, 9.17) is 10.2 Å². The molecular weight excluding hydrogens is 476 g/mol. The molecule has 1 aromatic carbocycles. The smallest absolute Gasteiger partial charge is 0.325 e. The third-order valence-corrected chi connectivity index (χ3v) is 6.82. The summed E-state index contributed by atoms with van der Waals surface area (Å²) in [7, 11) is 0. The van der Waals surface area contributed by atoms with Crippen molar-refractivity contribution >= 4 is 46.2 Å². The first-order chi connectivity index (χ1) is 17.2. The number of carbonyl (C=O) groups is 2. The first kappa shape index (κ1) is 25.6. The summed E-state index contributed by atoms with van der Waals surface area (Å²) in [6, 6.07) is 6.08. The van der Waals surface area contributed by atoms with Gasteiger partial charge in [-0.05, 0) is 56.3 Å². The molecule has 36 heavy (non-hydrogen) atoms. The van der Waals surface area contributed by atoms with Crippen molar-refractivity contribution in [2.75, 3.05) is 31.1 Å². The van der Waals surface area contributed by atoms with E-state index in [1.54, 1.807) is 42.7 Å². The number of amides is 3. The number of carbonyl (C=O) groups excluding carboxylic acids is 2. The van der Waals surface area contributed by atoms with Gasteiger partial charge >= 0.3 is 6.03 Å². The van der Waals surface area contributed by atoms with Crippen LogP contribution < -0.4 is 16.0 Å². The lowest BCUT2D eigenvalue weighted by atomic mass is 9.94. The fourth-order valence-electron chi connectivity index (χ4n) is 3.85. The highest BCUT2D eigenvalue weighted by Gasteiger charge is 2.20. The number of hydrogen-bond acceptors (Lipinski definition) is 7. The van der Waals surface area contributed by atoms with Crippen molar-refractivity contribution in [3.05, 3.63) is 58.8 Å². The minimum atomic E-state index is -0.662. The summed E-state index contributed by atoms with van der Waals surface area (Å²) in [5.41, 5.74) is 6.60. The molecule has 1 saturated heterocycles. The van der Waals surface area contributed by atoms with Gasteiger partial charge in [-0.3, -0.25) is 4.79 Å². The number of nitrogens with two attached hydrogens (primary N) is 1. The maximum atomic E-state index is 12.5. The highest BCUT2D eigenvalue weighted by atomic mass is 32.1. The van der Waals surface area contributed by atoms with Crippen LogP contribution in [0.2, 0.25) is 0 Å². The Labute approximate surface area is 215 Å². The number of likely N-dealkylation sites (tertiary alicyclic amines) is 1. The van der Waals surface area contributed by atoms with Crippen LogP contribution in [0.5, 0.6) is 0 Å². The molecule has 1 aliphatic rings. The van der Waals surface area contributed by atoms with Crippen LogP contribution in [0.25, 0.3) is 12.2 Å². The molecule has 9 nitrogen and oxygen atoms in total. The van der Waals surface area contributed by atoms with E-state index in [1.165, 1.54) is 29.1 Å². The molecular formula is C26H32N6O3S. The summed E-state index contributed by atoms with van der Waals surface area (Å²) in [6.07, 6.45) is 9.42. The lowest BCUT2D eigenvalue weighted by molar-refractivity contribution is 0.0949. The van der Waals surface area contributed by atoms with Gasteiger partial charge in [-0.1, -0.05) is 32.1 Å². The molecule has 190 valence electrons. The van der Waals surface area contributed by atoms with Gasteiger partial charge in [-0.2, -0.15) is 0 Å². The van der Waals surface area contributed by atoms with Crippen molar-refractivity contribution in [2.45, 2.75) is 39.0 Å². The average Bonchev–Trinajstić information content (AvgIpc) is 3.60.